The molecule has 6 rings (SSSR count). The number of alkyl halides is 1. The Labute approximate surface area is 212 Å². The number of carbonyl (C=O) groups excluding carboxylic acids is 1. The number of carboxylic acid groups (broad SMARTS) is 1. The number of allylic oxidation sites excluding steroid dienone is 4. The number of carbonyl (C=O) groups is 2. The van der Waals surface area contributed by atoms with Gasteiger partial charge in [-0.1, -0.05) is 50.7 Å². The Bertz CT molecular complexity index is 1020. The van der Waals surface area contributed by atoms with Gasteiger partial charge in [0, 0.05) is 35.8 Å². The van der Waals surface area contributed by atoms with Crippen LogP contribution in [0.15, 0.2) is 23.8 Å². The third-order valence-electron chi connectivity index (χ3n) is 11.5. The molecule has 0 amide bonds. The van der Waals surface area contributed by atoms with Gasteiger partial charge < -0.3 is 10.2 Å². The largest absolute Gasteiger partial charge is 0.479 e. The van der Waals surface area contributed by atoms with Gasteiger partial charge in [0.2, 0.25) is 0 Å². The molecular weight excluding hydrogens is 461 g/mol. The van der Waals surface area contributed by atoms with Gasteiger partial charge in [-0.3, -0.25) is 9.63 Å². The number of carboxylic acids is 1. The molecule has 2 N–H and O–H groups in total. The highest BCUT2D eigenvalue weighted by atomic mass is 19.1. The van der Waals surface area contributed by atoms with Crippen LogP contribution in [0.2, 0.25) is 0 Å². The van der Waals surface area contributed by atoms with E-state index in [1.165, 1.54) is 44.3 Å². The highest BCUT2D eigenvalue weighted by Gasteiger charge is 2.79. The standard InChI is InChI=1S/C29H40FNO5/c1-26-12-10-21(32)14-19(26)8-9-22-23-15-20-17-31(13-11-18-6-4-3-5-7-18)36-29(20,25(34)35)27(23,2)16-24(33)28(22,26)30/h10,12,14,18,20,22-24,33H,3-9,11,13,15-17H2,1-2H3,(H,34,35)/t20-,22-,23-,24-,26-,27-,28-,29-/m0/s1. The molecule has 5 aliphatic carbocycles. The van der Waals surface area contributed by atoms with Crippen LogP contribution in [0.5, 0.6) is 0 Å². The summed E-state index contributed by atoms with van der Waals surface area (Å²) in [4.78, 5) is 31.5. The van der Waals surface area contributed by atoms with E-state index in [4.69, 9.17) is 4.84 Å². The number of hydrogen-bond acceptors (Lipinski definition) is 5. The Kier molecular flexibility index (Phi) is 5.65. The number of fused-ring (bicyclic) bond motifs is 7. The smallest absolute Gasteiger partial charge is 0.339 e. The van der Waals surface area contributed by atoms with Crippen molar-refractivity contribution in [3.05, 3.63) is 23.8 Å². The van der Waals surface area contributed by atoms with Crippen LogP contribution in [0, 0.1) is 34.5 Å². The number of halogens is 1. The summed E-state index contributed by atoms with van der Waals surface area (Å²) in [6.07, 6.45) is 12.3. The Morgan fingerprint density at radius 2 is 1.94 bits per heavy atom. The maximum atomic E-state index is 17.3. The molecule has 0 radical (unpaired) electrons. The minimum absolute atomic E-state index is 0.0363. The normalized spacial score (nSPS) is 48.7. The quantitative estimate of drug-likeness (QED) is 0.584. The van der Waals surface area contributed by atoms with E-state index in [9.17, 15) is 19.8 Å². The van der Waals surface area contributed by atoms with Gasteiger partial charge in [-0.2, -0.15) is 5.06 Å². The molecule has 0 aromatic heterocycles. The molecule has 36 heavy (non-hydrogen) atoms. The Morgan fingerprint density at radius 1 is 1.19 bits per heavy atom. The van der Waals surface area contributed by atoms with E-state index in [0.29, 0.717) is 31.7 Å². The topological polar surface area (TPSA) is 87.1 Å². The van der Waals surface area contributed by atoms with Crippen LogP contribution in [0.3, 0.4) is 0 Å². The summed E-state index contributed by atoms with van der Waals surface area (Å²) in [5, 5.41) is 24.0. The van der Waals surface area contributed by atoms with Crippen molar-refractivity contribution in [1.82, 2.24) is 5.06 Å². The predicted octanol–water partition coefficient (Wildman–Crippen LogP) is 4.62. The van der Waals surface area contributed by atoms with Crippen molar-refractivity contribution in [3.63, 3.8) is 0 Å². The lowest BCUT2D eigenvalue weighted by Crippen LogP contribution is -2.69. The highest BCUT2D eigenvalue weighted by Crippen LogP contribution is 2.72. The average Bonchev–Trinajstić information content (AvgIpc) is 3.33. The zero-order valence-electron chi connectivity index (χ0n) is 21.5. The van der Waals surface area contributed by atoms with E-state index in [1.807, 2.05) is 12.0 Å². The zero-order chi connectivity index (χ0) is 25.5. The average molecular weight is 502 g/mol. The summed E-state index contributed by atoms with van der Waals surface area (Å²) in [6.45, 7) is 4.99. The van der Waals surface area contributed by atoms with Gasteiger partial charge in [-0.05, 0) is 63.0 Å². The van der Waals surface area contributed by atoms with Gasteiger partial charge in [-0.25, -0.2) is 9.18 Å². The summed E-state index contributed by atoms with van der Waals surface area (Å²) >= 11 is 0. The predicted molar refractivity (Wildman–Crippen MR) is 131 cm³/mol. The van der Waals surface area contributed by atoms with Crippen LogP contribution < -0.4 is 0 Å². The van der Waals surface area contributed by atoms with Gasteiger partial charge in [0.05, 0.1) is 6.10 Å². The van der Waals surface area contributed by atoms with Gasteiger partial charge in [-0.15, -0.1) is 0 Å². The van der Waals surface area contributed by atoms with Crippen LogP contribution >= 0.6 is 0 Å². The molecule has 0 bridgehead atoms. The lowest BCUT2D eigenvalue weighted by molar-refractivity contribution is -0.272. The number of aliphatic hydroxyl groups excluding tert-OH is 1. The monoisotopic (exact) mass is 501 g/mol. The molecule has 7 heteroatoms. The fraction of sp³-hybridized carbons (Fsp3) is 0.793. The first-order valence-electron chi connectivity index (χ1n) is 14.0. The molecular formula is C29H40FNO5. The van der Waals surface area contributed by atoms with Crippen molar-refractivity contribution < 1.29 is 29.0 Å². The fourth-order valence-electron chi connectivity index (χ4n) is 9.63. The van der Waals surface area contributed by atoms with E-state index in [-0.39, 0.29) is 24.0 Å². The number of aliphatic carboxylic acids is 1. The molecule has 8 atom stereocenters. The molecule has 6 nitrogen and oxygen atoms in total. The second-order valence-corrected chi connectivity index (χ2v) is 13.0. The molecule has 1 saturated heterocycles. The minimum Gasteiger partial charge on any atom is -0.479 e. The minimum atomic E-state index is -1.95. The highest BCUT2D eigenvalue weighted by molar-refractivity contribution is 6.01. The van der Waals surface area contributed by atoms with Crippen LogP contribution in [0.4, 0.5) is 4.39 Å². The van der Waals surface area contributed by atoms with Crippen LogP contribution in [-0.4, -0.2) is 57.5 Å². The van der Waals surface area contributed by atoms with Crippen LogP contribution in [0.25, 0.3) is 0 Å². The molecule has 0 unspecified atom stereocenters. The summed E-state index contributed by atoms with van der Waals surface area (Å²) in [5.74, 6) is -1.39. The van der Waals surface area contributed by atoms with Crippen molar-refractivity contribution in [2.24, 2.45) is 34.5 Å². The Balaban J connectivity index is 1.30. The number of rotatable bonds is 4. The third kappa shape index (κ3) is 3.05. The number of ketones is 1. The van der Waals surface area contributed by atoms with Crippen molar-refractivity contribution in [3.8, 4) is 0 Å². The second kappa shape index (κ2) is 8.21. The summed E-state index contributed by atoms with van der Waals surface area (Å²) in [5.41, 5.74) is -4.59. The van der Waals surface area contributed by atoms with Crippen LogP contribution in [-0.2, 0) is 14.4 Å². The molecule has 6 aliphatic rings. The van der Waals surface area contributed by atoms with E-state index in [0.717, 1.165) is 18.5 Å². The zero-order valence-corrected chi connectivity index (χ0v) is 21.5. The maximum Gasteiger partial charge on any atom is 0.339 e. The van der Waals surface area contributed by atoms with Crippen molar-refractivity contribution in [2.75, 3.05) is 13.1 Å². The van der Waals surface area contributed by atoms with Crippen molar-refractivity contribution in [1.29, 1.82) is 0 Å². The molecule has 1 aliphatic heterocycles. The summed E-state index contributed by atoms with van der Waals surface area (Å²) in [7, 11) is 0. The molecule has 0 aromatic carbocycles. The van der Waals surface area contributed by atoms with E-state index in [1.54, 1.807) is 13.0 Å². The van der Waals surface area contributed by atoms with Crippen LogP contribution in [0.1, 0.15) is 78.1 Å². The lowest BCUT2D eigenvalue weighted by Gasteiger charge is -2.62. The van der Waals surface area contributed by atoms with E-state index in [2.05, 4.69) is 0 Å². The first-order valence-corrected chi connectivity index (χ1v) is 14.0. The Hall–Kier alpha value is -1.57. The van der Waals surface area contributed by atoms with E-state index < -0.39 is 40.1 Å². The van der Waals surface area contributed by atoms with Gasteiger partial charge >= 0.3 is 5.97 Å². The molecule has 1 heterocycles. The van der Waals surface area contributed by atoms with Gasteiger partial charge in [0.25, 0.3) is 0 Å². The number of aliphatic hydroxyl groups is 1. The Morgan fingerprint density at radius 3 is 2.67 bits per heavy atom. The van der Waals surface area contributed by atoms with Crippen molar-refractivity contribution in [2.45, 2.75) is 95.4 Å². The van der Waals surface area contributed by atoms with Crippen molar-refractivity contribution >= 4 is 11.8 Å². The number of hydroxylamine groups is 2. The number of nitrogens with zero attached hydrogens (tertiary/aromatic N) is 1. The number of hydrogen-bond donors (Lipinski definition) is 2. The third-order valence-corrected chi connectivity index (χ3v) is 11.5. The molecule has 4 saturated carbocycles. The SMILES string of the molecule is C[C@]12C=CC(=O)C=C1CC[C@H]1[C@@H]3C[C@H]4CN(CCC5CCCCC5)O[C@@]4(C(=O)O)[C@@]3(C)C[C@H](O)[C@@]12F. The second-order valence-electron chi connectivity index (χ2n) is 13.0. The molecule has 0 spiro atoms. The van der Waals surface area contributed by atoms with E-state index >= 15 is 4.39 Å². The first-order chi connectivity index (χ1) is 17.1. The maximum absolute atomic E-state index is 17.3. The molecule has 0 aromatic rings. The van der Waals surface area contributed by atoms with Gasteiger partial charge in [0.15, 0.2) is 17.1 Å². The lowest BCUT2D eigenvalue weighted by atomic mass is 9.45. The summed E-state index contributed by atoms with van der Waals surface area (Å²) < 4.78 is 17.3. The molecule has 198 valence electrons. The fourth-order valence-corrected chi connectivity index (χ4v) is 9.63. The first kappa shape index (κ1) is 24.7. The summed E-state index contributed by atoms with van der Waals surface area (Å²) in [6, 6.07) is 0. The van der Waals surface area contributed by atoms with Gasteiger partial charge in [0.1, 0.15) is 0 Å². The molecule has 5 fully saturated rings.